The second-order valence-electron chi connectivity index (χ2n) is 33.1. The van der Waals surface area contributed by atoms with Gasteiger partial charge < -0.3 is 19.1 Å². The van der Waals surface area contributed by atoms with Crippen LogP contribution in [0, 0.1) is 0 Å². The minimum atomic E-state index is -0.0452. The molecule has 6 heteroatoms. The van der Waals surface area contributed by atoms with Crippen LogP contribution in [0.15, 0.2) is 150 Å². The third kappa shape index (κ3) is 8.14. The van der Waals surface area contributed by atoms with Crippen molar-refractivity contribution < 1.29 is 4.42 Å². The summed E-state index contributed by atoms with van der Waals surface area (Å²) in [6.45, 7) is 39.9. The molecule has 446 valence electrons. The van der Waals surface area contributed by atoms with Crippen molar-refractivity contribution in [3.05, 3.63) is 190 Å². The van der Waals surface area contributed by atoms with E-state index in [4.69, 9.17) is 4.42 Å². The molecule has 0 amide bonds. The minimum absolute atomic E-state index is 0.000140. The van der Waals surface area contributed by atoms with Crippen LogP contribution in [-0.2, 0) is 43.3 Å². The molecule has 0 N–H and O–H groups in total. The zero-order chi connectivity index (χ0) is 61.4. The van der Waals surface area contributed by atoms with Gasteiger partial charge in [-0.2, -0.15) is 0 Å². The summed E-state index contributed by atoms with van der Waals surface area (Å²) in [5.41, 5.74) is 27.6. The van der Waals surface area contributed by atoms with E-state index < -0.39 is 0 Å². The van der Waals surface area contributed by atoms with E-state index in [9.17, 15) is 0 Å². The van der Waals surface area contributed by atoms with Crippen molar-refractivity contribution in [3.63, 3.8) is 0 Å². The lowest BCUT2D eigenvalue weighted by Crippen LogP contribution is -2.61. The fourth-order valence-electron chi connectivity index (χ4n) is 17.6. The molecule has 0 bridgehead atoms. The first-order chi connectivity index (χ1) is 41.5. The van der Waals surface area contributed by atoms with Crippen LogP contribution < -0.4 is 30.4 Å². The van der Waals surface area contributed by atoms with E-state index in [-0.39, 0.29) is 50.0 Å². The highest BCUT2D eigenvalue weighted by atomic mass is 32.1. The Hall–Kier alpha value is -7.02. The lowest BCUT2D eigenvalue weighted by Gasteiger charge is -2.48. The number of benzene rings is 8. The zero-order valence-electron chi connectivity index (χ0n) is 55.2. The van der Waals surface area contributed by atoms with Crippen LogP contribution in [0.25, 0.3) is 32.0 Å². The van der Waals surface area contributed by atoms with E-state index in [1.165, 1.54) is 124 Å². The Bertz CT molecular complexity index is 4620. The largest absolute Gasteiger partial charge is 0.456 e. The Labute approximate surface area is 528 Å². The fourth-order valence-corrected chi connectivity index (χ4v) is 18.9. The van der Waals surface area contributed by atoms with Crippen LogP contribution in [0.2, 0.25) is 0 Å². The maximum Gasteiger partial charge on any atom is 0.264 e. The van der Waals surface area contributed by atoms with Crippen molar-refractivity contribution in [2.45, 2.75) is 205 Å². The highest BCUT2D eigenvalue weighted by Crippen LogP contribution is 2.58. The van der Waals surface area contributed by atoms with Gasteiger partial charge in [0.25, 0.3) is 6.71 Å². The number of fused-ring (bicyclic) bond motifs is 13. The molecule has 0 atom stereocenters. The van der Waals surface area contributed by atoms with Crippen LogP contribution >= 0.6 is 11.3 Å². The van der Waals surface area contributed by atoms with E-state index in [2.05, 4.69) is 282 Å². The van der Waals surface area contributed by atoms with Gasteiger partial charge in [-0.1, -0.05) is 165 Å². The van der Waals surface area contributed by atoms with E-state index in [1.807, 2.05) is 0 Å². The SMILES string of the molecule is CC1(C)CCC(C)(C)c2cc(N3c4cc5c(cc4B4c6sc7cc8c(cc7c6N(c6ccc7c(c6)C(C)(C)CCC7(C)C)c6cc(N(c7ccccc7)c7ccc9c(c7)oc7ccccc79)cc3c64)C(C)(C)CCC8(C)C)C(C)(C)CCC5(C)C)ccc21. The molecule has 0 fully saturated rings. The molecule has 4 heterocycles. The summed E-state index contributed by atoms with van der Waals surface area (Å²) >= 11 is 2.08. The Morgan fingerprint density at radius 3 is 1.41 bits per heavy atom. The van der Waals surface area contributed by atoms with Gasteiger partial charge in [0, 0.05) is 71.5 Å². The van der Waals surface area contributed by atoms with E-state index in [1.54, 1.807) is 0 Å². The predicted molar refractivity (Wildman–Crippen MR) is 379 cm³/mol. The second kappa shape index (κ2) is 18.3. The summed E-state index contributed by atoms with van der Waals surface area (Å²) < 4.78 is 9.63. The van der Waals surface area contributed by atoms with Crippen molar-refractivity contribution in [2.24, 2.45) is 0 Å². The first kappa shape index (κ1) is 56.2. The average molecular weight is 1170 g/mol. The number of furan rings is 1. The number of hydrogen-bond acceptors (Lipinski definition) is 5. The van der Waals surface area contributed by atoms with Crippen LogP contribution in [0.3, 0.4) is 0 Å². The molecule has 0 radical (unpaired) electrons. The van der Waals surface area contributed by atoms with Gasteiger partial charge in [0.1, 0.15) is 11.2 Å². The van der Waals surface area contributed by atoms with Crippen LogP contribution in [0.1, 0.15) is 207 Å². The molecule has 8 aromatic carbocycles. The lowest BCUT2D eigenvalue weighted by atomic mass is 9.35. The van der Waals surface area contributed by atoms with Crippen molar-refractivity contribution in [2.75, 3.05) is 14.7 Å². The molecular formula is C82H88BN3OS. The molecule has 88 heavy (non-hydrogen) atoms. The van der Waals surface area contributed by atoms with Gasteiger partial charge in [-0.05, 0) is 235 Å². The van der Waals surface area contributed by atoms with Crippen LogP contribution in [0.4, 0.5) is 51.2 Å². The maximum absolute atomic E-state index is 6.79. The molecule has 10 aromatic rings. The summed E-state index contributed by atoms with van der Waals surface area (Å²) in [6.07, 6.45) is 9.27. The fraction of sp³-hybridized carbons (Fsp3) is 0.390. The third-order valence-corrected chi connectivity index (χ3v) is 24.9. The summed E-state index contributed by atoms with van der Waals surface area (Å²) in [5.74, 6) is 0. The van der Waals surface area contributed by atoms with Gasteiger partial charge in [-0.25, -0.2) is 0 Å². The Morgan fingerprint density at radius 1 is 0.364 bits per heavy atom. The number of nitrogens with zero attached hydrogens (tertiary/aromatic N) is 3. The molecule has 2 aliphatic heterocycles. The van der Waals surface area contributed by atoms with Crippen molar-refractivity contribution in [1.29, 1.82) is 0 Å². The van der Waals surface area contributed by atoms with Crippen LogP contribution in [-0.4, -0.2) is 6.71 Å². The number of thiophene rings is 1. The van der Waals surface area contributed by atoms with Gasteiger partial charge in [-0.3, -0.25) is 0 Å². The summed E-state index contributed by atoms with van der Waals surface area (Å²) in [7, 11) is 0. The predicted octanol–water partition coefficient (Wildman–Crippen LogP) is 21.7. The maximum atomic E-state index is 6.79. The molecular weight excluding hydrogens is 1090 g/mol. The smallest absolute Gasteiger partial charge is 0.264 e. The standard InChI is InChI=1S/C82H88BN3OS/c1-75(2)32-34-77(5,6)59-40-50(27-30-57(59)75)85-66-47-63-62(80(11,12)37-38-81(63,13)14)46-65(66)83-72-67(85)42-53(84(49-22-18-17-19-23-49)52-26-29-55-54-24-20-21-25-69(54)87-70(55)44-52)43-68(72)86(51-28-31-58-60(41-51)78(7,8)35-33-76(58,3)4)73-56-45-61-64(48-71(56)88-74(73)83)82(15,16)39-36-79(61,9)10/h17-31,40-48H,32-39H2,1-16H3. The number of para-hydroxylation sites is 2. The Morgan fingerprint density at radius 2 is 0.830 bits per heavy atom. The molecule has 2 aromatic heterocycles. The van der Waals surface area contributed by atoms with E-state index >= 15 is 0 Å². The average Bonchev–Trinajstić information content (AvgIpc) is 1.20. The van der Waals surface area contributed by atoms with Gasteiger partial charge in [0.15, 0.2) is 0 Å². The van der Waals surface area contributed by atoms with Crippen molar-refractivity contribution in [1.82, 2.24) is 0 Å². The summed E-state index contributed by atoms with van der Waals surface area (Å²) in [5, 5.41) is 3.64. The molecule has 0 unspecified atom stereocenters. The number of anilines is 9. The minimum Gasteiger partial charge on any atom is -0.456 e. The van der Waals surface area contributed by atoms with Gasteiger partial charge in [0.2, 0.25) is 0 Å². The molecule has 16 rings (SSSR count). The molecule has 0 saturated heterocycles. The number of rotatable bonds is 5. The van der Waals surface area contributed by atoms with Crippen LogP contribution in [0.5, 0.6) is 0 Å². The van der Waals surface area contributed by atoms with Crippen molar-refractivity contribution >= 4 is 117 Å². The molecule has 6 aliphatic rings. The Kier molecular flexibility index (Phi) is 11.7. The Balaban J connectivity index is 1.08. The van der Waals surface area contributed by atoms with Gasteiger partial charge in [0.05, 0.1) is 11.4 Å². The van der Waals surface area contributed by atoms with E-state index in [0.29, 0.717) is 0 Å². The van der Waals surface area contributed by atoms with Gasteiger partial charge in [-0.15, -0.1) is 11.3 Å². The summed E-state index contributed by atoms with van der Waals surface area (Å²) in [4.78, 5) is 8.06. The van der Waals surface area contributed by atoms with Gasteiger partial charge >= 0.3 is 0 Å². The zero-order valence-corrected chi connectivity index (χ0v) is 56.1. The highest BCUT2D eigenvalue weighted by molar-refractivity contribution is 7.33. The highest BCUT2D eigenvalue weighted by Gasteiger charge is 2.50. The number of hydrogen-bond donors (Lipinski definition) is 0. The topological polar surface area (TPSA) is 22.9 Å². The summed E-state index contributed by atoms with van der Waals surface area (Å²) in [6, 6.07) is 57.8. The molecule has 4 aliphatic carbocycles. The lowest BCUT2D eigenvalue weighted by molar-refractivity contribution is 0.332. The molecule has 4 nitrogen and oxygen atoms in total. The molecule has 0 spiro atoms. The molecule has 0 saturated carbocycles. The normalized spacial score (nSPS) is 20.6. The second-order valence-corrected chi connectivity index (χ2v) is 34.2. The first-order valence-electron chi connectivity index (χ1n) is 33.2. The quantitative estimate of drug-likeness (QED) is 0.160. The monoisotopic (exact) mass is 1170 g/mol. The van der Waals surface area contributed by atoms with Crippen molar-refractivity contribution in [3.8, 4) is 0 Å². The first-order valence-corrected chi connectivity index (χ1v) is 34.0. The third-order valence-electron chi connectivity index (χ3n) is 23.7. The van der Waals surface area contributed by atoms with E-state index in [0.717, 1.165) is 71.1 Å².